The molecule has 0 saturated heterocycles. The molecule has 2 aromatic carbocycles. The third-order valence-corrected chi connectivity index (χ3v) is 5.17. The predicted octanol–water partition coefficient (Wildman–Crippen LogP) is 4.60. The van der Waals surface area contributed by atoms with Crippen molar-refractivity contribution < 1.29 is 8.42 Å². The van der Waals surface area contributed by atoms with Gasteiger partial charge in [-0.2, -0.15) is 13.5 Å². The molecule has 0 aliphatic carbocycles. The second kappa shape index (κ2) is 7.13. The van der Waals surface area contributed by atoms with E-state index in [1.807, 2.05) is 0 Å². The zero-order valence-electron chi connectivity index (χ0n) is 13.5. The Morgan fingerprint density at radius 1 is 1.04 bits per heavy atom. The van der Waals surface area contributed by atoms with Crippen LogP contribution in [0.5, 0.6) is 0 Å². The molecule has 24 heavy (non-hydrogen) atoms. The molecule has 0 aromatic heterocycles. The zero-order chi connectivity index (χ0) is 18.0. The van der Waals surface area contributed by atoms with Crippen molar-refractivity contribution in [1.82, 2.24) is 4.83 Å². The minimum atomic E-state index is -3.73. The highest BCUT2D eigenvalue weighted by atomic mass is 35.5. The maximum Gasteiger partial charge on any atom is 0.276 e. The Morgan fingerprint density at radius 2 is 1.67 bits per heavy atom. The standard InChI is InChI=1S/C17H18Cl2N2O2S/c1-17(2,3)13-5-8-15(9-6-13)24(22,23)21-20-11-12-4-7-14(18)10-16(12)19/h4-11,21H,1-3H3. The smallest absolute Gasteiger partial charge is 0.200 e. The number of hydrogen-bond donors (Lipinski definition) is 1. The fourth-order valence-corrected chi connectivity index (χ4v) is 3.21. The van der Waals surface area contributed by atoms with Crippen LogP contribution in [0, 0.1) is 0 Å². The summed E-state index contributed by atoms with van der Waals surface area (Å²) in [7, 11) is -3.73. The van der Waals surface area contributed by atoms with E-state index in [-0.39, 0.29) is 10.3 Å². The molecule has 0 unspecified atom stereocenters. The molecule has 0 spiro atoms. The van der Waals surface area contributed by atoms with Gasteiger partial charge in [-0.3, -0.25) is 0 Å². The molecule has 0 aliphatic rings. The van der Waals surface area contributed by atoms with E-state index in [9.17, 15) is 8.42 Å². The van der Waals surface area contributed by atoms with Crippen molar-refractivity contribution in [2.45, 2.75) is 31.1 Å². The van der Waals surface area contributed by atoms with Gasteiger partial charge in [-0.25, -0.2) is 4.83 Å². The maximum absolute atomic E-state index is 12.2. The van der Waals surface area contributed by atoms with Crippen molar-refractivity contribution in [1.29, 1.82) is 0 Å². The Bertz CT molecular complexity index is 855. The van der Waals surface area contributed by atoms with Crippen LogP contribution in [0.4, 0.5) is 0 Å². The van der Waals surface area contributed by atoms with Gasteiger partial charge in [-0.1, -0.05) is 62.2 Å². The van der Waals surface area contributed by atoms with E-state index in [4.69, 9.17) is 23.2 Å². The molecule has 4 nitrogen and oxygen atoms in total. The van der Waals surface area contributed by atoms with E-state index in [2.05, 4.69) is 30.7 Å². The van der Waals surface area contributed by atoms with Crippen molar-refractivity contribution >= 4 is 39.4 Å². The first kappa shape index (κ1) is 18.8. The zero-order valence-corrected chi connectivity index (χ0v) is 15.9. The molecular formula is C17H18Cl2N2O2S. The lowest BCUT2D eigenvalue weighted by Gasteiger charge is -2.19. The summed E-state index contributed by atoms with van der Waals surface area (Å²) < 4.78 is 24.5. The molecule has 0 saturated carbocycles. The van der Waals surface area contributed by atoms with E-state index in [0.29, 0.717) is 15.6 Å². The summed E-state index contributed by atoms with van der Waals surface area (Å²) in [6.45, 7) is 6.19. The molecule has 0 heterocycles. The second-order valence-corrected chi connectivity index (χ2v) is 8.80. The minimum Gasteiger partial charge on any atom is -0.200 e. The van der Waals surface area contributed by atoms with Crippen LogP contribution in [-0.2, 0) is 15.4 Å². The summed E-state index contributed by atoms with van der Waals surface area (Å²) in [5.74, 6) is 0. The van der Waals surface area contributed by atoms with Gasteiger partial charge in [0.1, 0.15) is 0 Å². The van der Waals surface area contributed by atoms with Crippen molar-refractivity contribution in [3.63, 3.8) is 0 Å². The van der Waals surface area contributed by atoms with E-state index in [1.165, 1.54) is 6.21 Å². The number of hydrogen-bond acceptors (Lipinski definition) is 3. The second-order valence-electron chi connectivity index (χ2n) is 6.29. The van der Waals surface area contributed by atoms with Gasteiger partial charge in [0.15, 0.2) is 0 Å². The Hall–Kier alpha value is -1.56. The van der Waals surface area contributed by atoms with Gasteiger partial charge in [-0.15, -0.1) is 0 Å². The van der Waals surface area contributed by atoms with Crippen molar-refractivity contribution in [2.24, 2.45) is 5.10 Å². The van der Waals surface area contributed by atoms with E-state index >= 15 is 0 Å². The molecule has 0 atom stereocenters. The van der Waals surface area contributed by atoms with E-state index in [0.717, 1.165) is 5.56 Å². The summed E-state index contributed by atoms with van der Waals surface area (Å²) in [5.41, 5.74) is 1.57. The lowest BCUT2D eigenvalue weighted by molar-refractivity contribution is 0.580. The van der Waals surface area contributed by atoms with Crippen LogP contribution in [0.1, 0.15) is 31.9 Å². The predicted molar refractivity (Wildman–Crippen MR) is 99.5 cm³/mol. The first-order valence-electron chi connectivity index (χ1n) is 7.20. The fraction of sp³-hybridized carbons (Fsp3) is 0.235. The summed E-state index contributed by atoms with van der Waals surface area (Å²) in [6, 6.07) is 11.6. The third-order valence-electron chi connectivity index (χ3n) is 3.37. The number of nitrogens with one attached hydrogen (secondary N) is 1. The first-order chi connectivity index (χ1) is 11.1. The minimum absolute atomic E-state index is 0.0425. The van der Waals surface area contributed by atoms with Gasteiger partial charge in [0, 0.05) is 10.6 Å². The average molecular weight is 385 g/mol. The molecule has 0 amide bonds. The van der Waals surface area contributed by atoms with Crippen molar-refractivity contribution in [3.8, 4) is 0 Å². The van der Waals surface area contributed by atoms with Gasteiger partial charge in [0.2, 0.25) is 0 Å². The number of rotatable bonds is 4. The highest BCUT2D eigenvalue weighted by Crippen LogP contribution is 2.23. The molecule has 0 aliphatic heterocycles. The number of halogens is 2. The summed E-state index contributed by atoms with van der Waals surface area (Å²) in [5, 5.41) is 4.65. The molecule has 2 aromatic rings. The monoisotopic (exact) mass is 384 g/mol. The van der Waals surface area contributed by atoms with Crippen LogP contribution >= 0.6 is 23.2 Å². The molecular weight excluding hydrogens is 367 g/mol. The largest absolute Gasteiger partial charge is 0.276 e. The Labute approximate surface area is 152 Å². The van der Waals surface area contributed by atoms with Gasteiger partial charge in [0.05, 0.1) is 16.1 Å². The summed E-state index contributed by atoms with van der Waals surface area (Å²) in [6.07, 6.45) is 1.33. The Morgan fingerprint density at radius 3 is 2.21 bits per heavy atom. The molecule has 7 heteroatoms. The van der Waals surface area contributed by atoms with Gasteiger partial charge in [-0.05, 0) is 35.2 Å². The molecule has 0 fully saturated rings. The quantitative estimate of drug-likeness (QED) is 0.618. The SMILES string of the molecule is CC(C)(C)c1ccc(S(=O)(=O)NN=Cc2ccc(Cl)cc2Cl)cc1. The average Bonchev–Trinajstić information content (AvgIpc) is 2.49. The molecule has 128 valence electrons. The Balaban J connectivity index is 2.15. The number of sulfonamides is 1. The van der Waals surface area contributed by atoms with Crippen LogP contribution in [0.3, 0.4) is 0 Å². The summed E-state index contributed by atoms with van der Waals surface area (Å²) in [4.78, 5) is 2.32. The molecule has 2 rings (SSSR count). The van der Waals surface area contributed by atoms with Crippen LogP contribution in [0.2, 0.25) is 10.0 Å². The fourth-order valence-electron chi connectivity index (χ4n) is 1.96. The topological polar surface area (TPSA) is 58.5 Å². The number of nitrogens with zero attached hydrogens (tertiary/aromatic N) is 1. The van der Waals surface area contributed by atoms with Gasteiger partial charge in [0.25, 0.3) is 10.0 Å². The van der Waals surface area contributed by atoms with Crippen molar-refractivity contribution in [2.75, 3.05) is 0 Å². The third kappa shape index (κ3) is 4.72. The molecule has 0 bridgehead atoms. The van der Waals surface area contributed by atoms with Crippen LogP contribution < -0.4 is 4.83 Å². The van der Waals surface area contributed by atoms with Gasteiger partial charge >= 0.3 is 0 Å². The Kier molecular flexibility index (Phi) is 5.58. The van der Waals surface area contributed by atoms with Crippen LogP contribution in [0.15, 0.2) is 52.5 Å². The van der Waals surface area contributed by atoms with Gasteiger partial charge < -0.3 is 0 Å². The normalized spacial score (nSPS) is 12.5. The molecule has 0 radical (unpaired) electrons. The highest BCUT2D eigenvalue weighted by Gasteiger charge is 2.17. The summed E-state index contributed by atoms with van der Waals surface area (Å²) >= 11 is 11.8. The highest BCUT2D eigenvalue weighted by molar-refractivity contribution is 7.89. The van der Waals surface area contributed by atoms with E-state index in [1.54, 1.807) is 42.5 Å². The van der Waals surface area contributed by atoms with Crippen LogP contribution in [0.25, 0.3) is 0 Å². The maximum atomic E-state index is 12.2. The first-order valence-corrected chi connectivity index (χ1v) is 9.44. The lowest BCUT2D eigenvalue weighted by atomic mass is 9.87. The lowest BCUT2D eigenvalue weighted by Crippen LogP contribution is -2.19. The number of hydrazone groups is 1. The van der Waals surface area contributed by atoms with E-state index < -0.39 is 10.0 Å². The van der Waals surface area contributed by atoms with Crippen LogP contribution in [-0.4, -0.2) is 14.6 Å². The number of benzene rings is 2. The molecule has 1 N–H and O–H groups in total. The van der Waals surface area contributed by atoms with Crippen molar-refractivity contribution in [3.05, 3.63) is 63.6 Å².